The third-order valence-electron chi connectivity index (χ3n) is 3.83. The van der Waals surface area contributed by atoms with Crippen molar-refractivity contribution in [1.82, 2.24) is 0 Å². The maximum atomic E-state index is 11.1. The van der Waals surface area contributed by atoms with Gasteiger partial charge in [-0.25, -0.2) is 0 Å². The first-order valence-electron chi connectivity index (χ1n) is 7.21. The van der Waals surface area contributed by atoms with Crippen LogP contribution in [0.3, 0.4) is 0 Å². The van der Waals surface area contributed by atoms with E-state index in [0.717, 1.165) is 17.0 Å². The highest BCUT2D eigenvalue weighted by Crippen LogP contribution is 2.40. The highest BCUT2D eigenvalue weighted by Gasteiger charge is 2.23. The molecular weight excluding hydrogens is 264 g/mol. The lowest BCUT2D eigenvalue weighted by Gasteiger charge is -2.09. The van der Waals surface area contributed by atoms with Gasteiger partial charge in [0.1, 0.15) is 5.69 Å². The van der Waals surface area contributed by atoms with Crippen molar-refractivity contribution in [2.24, 2.45) is 0 Å². The van der Waals surface area contributed by atoms with Crippen molar-refractivity contribution in [3.05, 3.63) is 69.3 Å². The molecule has 0 amide bonds. The quantitative estimate of drug-likeness (QED) is 0.653. The molecule has 3 rings (SSSR count). The summed E-state index contributed by atoms with van der Waals surface area (Å²) in [6.45, 7) is 2.54. The van der Waals surface area contributed by atoms with Crippen LogP contribution in [0.1, 0.15) is 35.4 Å². The summed E-state index contributed by atoms with van der Waals surface area (Å²) in [4.78, 5) is 10.7. The van der Waals surface area contributed by atoms with Crippen LogP contribution in [0.5, 0.6) is 0 Å². The molecule has 108 valence electrons. The van der Waals surface area contributed by atoms with Gasteiger partial charge in [-0.2, -0.15) is 0 Å². The van der Waals surface area contributed by atoms with Crippen LogP contribution in [0.4, 0.5) is 11.4 Å². The zero-order chi connectivity index (χ0) is 14.8. The average Bonchev–Trinajstić information content (AvgIpc) is 3.30. The lowest BCUT2D eigenvalue weighted by Crippen LogP contribution is -2.03. The summed E-state index contributed by atoms with van der Waals surface area (Å²) in [6, 6.07) is 13.6. The van der Waals surface area contributed by atoms with Crippen LogP contribution in [0.15, 0.2) is 42.5 Å². The van der Waals surface area contributed by atoms with Crippen molar-refractivity contribution in [2.45, 2.75) is 32.2 Å². The molecule has 1 aliphatic carbocycles. The zero-order valence-corrected chi connectivity index (χ0v) is 12.0. The van der Waals surface area contributed by atoms with E-state index in [1.54, 1.807) is 12.1 Å². The molecule has 0 unspecified atom stereocenters. The molecule has 2 aromatic carbocycles. The van der Waals surface area contributed by atoms with Gasteiger partial charge in [0.15, 0.2) is 0 Å². The van der Waals surface area contributed by atoms with Gasteiger partial charge >= 0.3 is 0 Å². The van der Waals surface area contributed by atoms with Crippen molar-refractivity contribution < 1.29 is 4.92 Å². The molecule has 4 nitrogen and oxygen atoms in total. The molecule has 0 saturated heterocycles. The van der Waals surface area contributed by atoms with Crippen LogP contribution >= 0.6 is 0 Å². The Morgan fingerprint density at radius 3 is 2.76 bits per heavy atom. The van der Waals surface area contributed by atoms with E-state index in [9.17, 15) is 10.1 Å². The molecule has 0 aromatic heterocycles. The van der Waals surface area contributed by atoms with E-state index >= 15 is 0 Å². The van der Waals surface area contributed by atoms with E-state index in [2.05, 4.69) is 29.6 Å². The summed E-state index contributed by atoms with van der Waals surface area (Å²) in [5.41, 5.74) is 4.26. The van der Waals surface area contributed by atoms with Crippen molar-refractivity contribution in [3.63, 3.8) is 0 Å². The summed E-state index contributed by atoms with van der Waals surface area (Å²) in [5.74, 6) is 0.721. The number of benzene rings is 2. The summed E-state index contributed by atoms with van der Waals surface area (Å²) in [5, 5.41) is 14.3. The molecule has 0 radical (unpaired) electrons. The van der Waals surface area contributed by atoms with Crippen LogP contribution in [-0.2, 0) is 6.54 Å². The minimum absolute atomic E-state index is 0.124. The van der Waals surface area contributed by atoms with Gasteiger partial charge in [0, 0.05) is 12.6 Å². The van der Waals surface area contributed by atoms with Crippen molar-refractivity contribution in [3.8, 4) is 0 Å². The maximum Gasteiger partial charge on any atom is 0.292 e. The molecule has 21 heavy (non-hydrogen) atoms. The Bertz CT molecular complexity index is 678. The number of nitro groups is 1. The highest BCUT2D eigenvalue weighted by atomic mass is 16.6. The van der Waals surface area contributed by atoms with Gasteiger partial charge in [0.05, 0.1) is 4.92 Å². The van der Waals surface area contributed by atoms with Crippen molar-refractivity contribution in [2.75, 3.05) is 5.32 Å². The monoisotopic (exact) mass is 282 g/mol. The van der Waals surface area contributed by atoms with Gasteiger partial charge in [-0.1, -0.05) is 30.3 Å². The van der Waals surface area contributed by atoms with Gasteiger partial charge in [-0.05, 0) is 48.4 Å². The minimum Gasteiger partial charge on any atom is -0.375 e. The van der Waals surface area contributed by atoms with E-state index in [4.69, 9.17) is 0 Å². The standard InChI is InChI=1S/C17H18N2O2/c1-12-5-8-17(19(20)21)16(9-12)18-11-13-3-2-4-15(10-13)14-6-7-14/h2-5,8-10,14,18H,6-7,11H2,1H3. The summed E-state index contributed by atoms with van der Waals surface area (Å²) in [6.07, 6.45) is 2.56. The van der Waals surface area contributed by atoms with Crippen LogP contribution < -0.4 is 5.32 Å². The fraction of sp³-hybridized carbons (Fsp3) is 0.294. The third kappa shape index (κ3) is 3.21. The predicted octanol–water partition coefficient (Wildman–Crippen LogP) is 4.39. The maximum absolute atomic E-state index is 11.1. The second-order valence-corrected chi connectivity index (χ2v) is 5.65. The number of hydrogen-bond acceptors (Lipinski definition) is 3. The van der Waals surface area contributed by atoms with Crippen molar-refractivity contribution in [1.29, 1.82) is 0 Å². The molecule has 1 aliphatic rings. The van der Waals surface area contributed by atoms with Crippen LogP contribution in [0, 0.1) is 17.0 Å². The Balaban J connectivity index is 1.76. The third-order valence-corrected chi connectivity index (χ3v) is 3.83. The Labute approximate surface area is 124 Å². The Hall–Kier alpha value is -2.36. The second kappa shape index (κ2) is 5.56. The minimum atomic E-state index is -0.345. The lowest BCUT2D eigenvalue weighted by molar-refractivity contribution is -0.384. The van der Waals surface area contributed by atoms with Gasteiger partial charge in [0.25, 0.3) is 5.69 Å². The second-order valence-electron chi connectivity index (χ2n) is 5.65. The van der Waals surface area contributed by atoms with E-state index in [-0.39, 0.29) is 10.6 Å². The molecule has 0 atom stereocenters. The topological polar surface area (TPSA) is 55.2 Å². The Morgan fingerprint density at radius 1 is 1.24 bits per heavy atom. The smallest absolute Gasteiger partial charge is 0.292 e. The summed E-state index contributed by atoms with van der Waals surface area (Å²) >= 11 is 0. The van der Waals surface area contributed by atoms with Gasteiger partial charge in [-0.3, -0.25) is 10.1 Å². The van der Waals surface area contributed by atoms with E-state index < -0.39 is 0 Å². The fourth-order valence-electron chi connectivity index (χ4n) is 2.52. The van der Waals surface area contributed by atoms with Gasteiger partial charge < -0.3 is 5.32 Å². The predicted molar refractivity (Wildman–Crippen MR) is 83.6 cm³/mol. The number of hydrogen-bond donors (Lipinski definition) is 1. The summed E-state index contributed by atoms with van der Waals surface area (Å²) in [7, 11) is 0. The fourth-order valence-corrected chi connectivity index (χ4v) is 2.52. The molecule has 0 bridgehead atoms. The van der Waals surface area contributed by atoms with E-state index in [1.165, 1.54) is 18.4 Å². The SMILES string of the molecule is Cc1ccc([N+](=O)[O-])c(NCc2cccc(C3CC3)c2)c1. The normalized spacial score (nSPS) is 14.0. The molecule has 1 N–H and O–H groups in total. The van der Waals surface area contributed by atoms with Crippen LogP contribution in [-0.4, -0.2) is 4.92 Å². The molecule has 1 saturated carbocycles. The first kappa shape index (κ1) is 13.6. The molecule has 1 fully saturated rings. The van der Waals surface area contributed by atoms with E-state index in [0.29, 0.717) is 12.2 Å². The summed E-state index contributed by atoms with van der Waals surface area (Å²) < 4.78 is 0. The van der Waals surface area contributed by atoms with Crippen molar-refractivity contribution >= 4 is 11.4 Å². The molecule has 0 heterocycles. The number of rotatable bonds is 5. The number of nitrogens with zero attached hydrogens (tertiary/aromatic N) is 1. The molecule has 2 aromatic rings. The number of nitro benzene ring substituents is 1. The molecule has 0 spiro atoms. The largest absolute Gasteiger partial charge is 0.375 e. The molecule has 0 aliphatic heterocycles. The average molecular weight is 282 g/mol. The molecule has 4 heteroatoms. The first-order chi connectivity index (χ1) is 10.1. The molecular formula is C17H18N2O2. The van der Waals surface area contributed by atoms with Gasteiger partial charge in [0.2, 0.25) is 0 Å². The number of aryl methyl sites for hydroxylation is 1. The first-order valence-corrected chi connectivity index (χ1v) is 7.21. The van der Waals surface area contributed by atoms with Gasteiger partial charge in [-0.15, -0.1) is 0 Å². The van der Waals surface area contributed by atoms with E-state index in [1.807, 2.05) is 13.0 Å². The Morgan fingerprint density at radius 2 is 2.05 bits per heavy atom. The van der Waals surface area contributed by atoms with Crippen LogP contribution in [0.2, 0.25) is 0 Å². The number of nitrogens with one attached hydrogen (secondary N) is 1. The Kier molecular flexibility index (Phi) is 3.60. The lowest BCUT2D eigenvalue weighted by atomic mass is 10.1. The van der Waals surface area contributed by atoms with Crippen LogP contribution in [0.25, 0.3) is 0 Å². The number of anilines is 1. The zero-order valence-electron chi connectivity index (χ0n) is 12.0. The highest BCUT2D eigenvalue weighted by molar-refractivity contribution is 5.62.